The summed E-state index contributed by atoms with van der Waals surface area (Å²) in [4.78, 5) is 49.7. The number of carboxylic acids is 1. The van der Waals surface area contributed by atoms with E-state index in [0.717, 1.165) is 71.1 Å². The Morgan fingerprint density at radius 2 is 1.69 bits per heavy atom. The molecular weight excluding hydrogens is 695 g/mol. The molecule has 9 heteroatoms. The summed E-state index contributed by atoms with van der Waals surface area (Å²) in [6.45, 7) is 24.1. The minimum absolute atomic E-state index is 0.0473. The maximum absolute atomic E-state index is 14.2. The first-order valence-corrected chi connectivity index (χ1v) is 21.9. The molecule has 1 aromatic rings. The first-order valence-electron chi connectivity index (χ1n) is 21.1. The number of carbonyl (C=O) groups is 3. The van der Waals surface area contributed by atoms with Crippen LogP contribution in [0.25, 0.3) is 0 Å². The van der Waals surface area contributed by atoms with Crippen LogP contribution in [-0.2, 0) is 25.7 Å². The molecule has 54 heavy (non-hydrogen) atoms. The monoisotopic (exact) mass is 766 g/mol. The van der Waals surface area contributed by atoms with Gasteiger partial charge in [0.1, 0.15) is 6.10 Å². The van der Waals surface area contributed by atoms with E-state index in [-0.39, 0.29) is 45.5 Å². The van der Waals surface area contributed by atoms with Gasteiger partial charge in [-0.25, -0.2) is 0 Å². The largest absolute Gasteiger partial charge is 0.481 e. The van der Waals surface area contributed by atoms with Crippen molar-refractivity contribution in [3.8, 4) is 0 Å². The number of hydrogen-bond acceptors (Lipinski definition) is 8. The average molecular weight is 766 g/mol. The van der Waals surface area contributed by atoms with Gasteiger partial charge in [-0.15, -0.1) is 11.3 Å². The molecule has 8 nitrogen and oxygen atoms in total. The van der Waals surface area contributed by atoms with Gasteiger partial charge >= 0.3 is 11.9 Å². The Morgan fingerprint density at radius 3 is 2.31 bits per heavy atom. The fourth-order valence-corrected chi connectivity index (χ4v) is 14.0. The fraction of sp³-hybridized carbons (Fsp3) is 0.822. The van der Waals surface area contributed by atoms with E-state index < -0.39 is 17.4 Å². The van der Waals surface area contributed by atoms with Crippen LogP contribution in [0.1, 0.15) is 138 Å². The van der Waals surface area contributed by atoms with Crippen molar-refractivity contribution in [2.75, 3.05) is 33.7 Å². The average Bonchev–Trinajstić information content (AvgIpc) is 3.69. The standard InChI is InChI=1S/C45H71N3O5S/c1-29(2)37-32(49)24-45(20-21-48(23-22-47(10)11)27-30-26-46-28-54-30)19-18-43(8)31(38(37)45)12-13-34-42(7)16-15-35(53-36(50)25-40(3,4)39(51)52)41(5,6)33(42)14-17-44(34,43)9/h26,28-29,31,33-35H,12-25,27H2,1-11H3,(H,51,52)/t31-,33?,34?,35+,42+,43-,44-,45-/m1/s1. The van der Waals surface area contributed by atoms with Crippen LogP contribution in [0, 0.1) is 56.2 Å². The molecule has 0 bridgehead atoms. The number of carboxylic acid groups (broad SMARTS) is 1. The number of hydrogen-bond donors (Lipinski definition) is 1. The number of esters is 1. The molecule has 1 aromatic heterocycles. The second kappa shape index (κ2) is 14.7. The van der Waals surface area contributed by atoms with Gasteiger partial charge in [0.15, 0.2) is 5.78 Å². The van der Waals surface area contributed by atoms with E-state index in [4.69, 9.17) is 4.74 Å². The fourth-order valence-electron chi connectivity index (χ4n) is 13.4. The summed E-state index contributed by atoms with van der Waals surface area (Å²) in [6, 6.07) is 0. The van der Waals surface area contributed by atoms with E-state index >= 15 is 0 Å². The van der Waals surface area contributed by atoms with Gasteiger partial charge in [0.05, 0.1) is 17.3 Å². The first kappa shape index (κ1) is 41.5. The zero-order chi connectivity index (χ0) is 39.6. The molecule has 0 radical (unpaired) electrons. The van der Waals surface area contributed by atoms with Crippen LogP contribution in [0.4, 0.5) is 0 Å². The predicted molar refractivity (Wildman–Crippen MR) is 216 cm³/mol. The Balaban J connectivity index is 1.26. The number of fused-ring (bicyclic) bond motifs is 7. The highest BCUT2D eigenvalue weighted by Crippen LogP contribution is 2.77. The van der Waals surface area contributed by atoms with Crippen LogP contribution in [0.3, 0.4) is 0 Å². The molecule has 5 aliphatic rings. The van der Waals surface area contributed by atoms with Crippen molar-refractivity contribution >= 4 is 29.1 Å². The summed E-state index contributed by atoms with van der Waals surface area (Å²) >= 11 is 1.73. The summed E-state index contributed by atoms with van der Waals surface area (Å²) in [5, 5.41) is 9.64. The van der Waals surface area contributed by atoms with Crippen LogP contribution in [0.5, 0.6) is 0 Å². The molecule has 5 aliphatic carbocycles. The molecular formula is C45H71N3O5S. The van der Waals surface area contributed by atoms with Gasteiger partial charge in [-0.1, -0.05) is 54.0 Å². The number of ether oxygens (including phenoxy) is 1. The third-order valence-corrected chi connectivity index (χ3v) is 17.4. The summed E-state index contributed by atoms with van der Waals surface area (Å²) in [6.07, 6.45) is 12.1. The Bertz CT molecular complexity index is 1620. The third kappa shape index (κ3) is 6.96. The van der Waals surface area contributed by atoms with Gasteiger partial charge in [0.2, 0.25) is 0 Å². The first-order chi connectivity index (χ1) is 25.1. The minimum Gasteiger partial charge on any atom is -0.481 e. The zero-order valence-corrected chi connectivity index (χ0v) is 36.3. The smallest absolute Gasteiger partial charge is 0.309 e. The van der Waals surface area contributed by atoms with Crippen molar-refractivity contribution in [2.24, 2.45) is 56.2 Å². The normalized spacial score (nSPS) is 36.2. The van der Waals surface area contributed by atoms with E-state index in [1.165, 1.54) is 23.3 Å². The molecule has 0 amide bonds. The van der Waals surface area contributed by atoms with Crippen molar-refractivity contribution in [1.29, 1.82) is 0 Å². The lowest BCUT2D eigenvalue weighted by Gasteiger charge is -2.72. The Hall–Kier alpha value is -2.10. The van der Waals surface area contributed by atoms with Crippen LogP contribution in [-0.4, -0.2) is 77.4 Å². The molecule has 0 spiro atoms. The van der Waals surface area contributed by atoms with Crippen LogP contribution in [0.2, 0.25) is 0 Å². The van der Waals surface area contributed by atoms with Gasteiger partial charge in [0.25, 0.3) is 0 Å². The van der Waals surface area contributed by atoms with E-state index in [1.807, 2.05) is 11.7 Å². The summed E-state index contributed by atoms with van der Waals surface area (Å²) in [7, 11) is 4.30. The second-order valence-corrected chi connectivity index (χ2v) is 21.9. The lowest BCUT2D eigenvalue weighted by atomic mass is 9.33. The predicted octanol–water partition coefficient (Wildman–Crippen LogP) is 9.29. The number of thiazole rings is 1. The summed E-state index contributed by atoms with van der Waals surface area (Å²) in [5.74, 6) is 0.672. The molecule has 6 rings (SSSR count). The Kier molecular flexibility index (Phi) is 11.3. The number of aromatic nitrogens is 1. The SMILES string of the molecule is CC(C)C1=C2[C@H]3CCC4[C@@]5(C)CC[C@H](OC(=O)CC(C)(C)C(=O)O)C(C)(C)C5CC[C@@]4(C)[C@]3(C)CC[C@@]2(CCN(CCN(C)C)Cc2cncs2)CC1=O. The minimum atomic E-state index is -1.15. The third-order valence-electron chi connectivity index (χ3n) is 16.6. The Morgan fingerprint density at radius 1 is 0.963 bits per heavy atom. The number of ketones is 1. The van der Waals surface area contributed by atoms with E-state index in [2.05, 4.69) is 77.3 Å². The van der Waals surface area contributed by atoms with Crippen molar-refractivity contribution in [3.05, 3.63) is 27.7 Å². The van der Waals surface area contributed by atoms with E-state index in [0.29, 0.717) is 30.0 Å². The van der Waals surface area contributed by atoms with Crippen molar-refractivity contribution < 1.29 is 24.2 Å². The molecule has 4 saturated carbocycles. The second-order valence-electron chi connectivity index (χ2n) is 21.0. The number of allylic oxidation sites excluding steroid dienone is 2. The van der Waals surface area contributed by atoms with E-state index in [1.54, 1.807) is 30.8 Å². The van der Waals surface area contributed by atoms with Crippen LogP contribution >= 0.6 is 11.3 Å². The molecule has 302 valence electrons. The molecule has 1 N–H and O–H groups in total. The molecule has 0 saturated heterocycles. The topological polar surface area (TPSA) is 100 Å². The van der Waals surface area contributed by atoms with Crippen LogP contribution in [0.15, 0.2) is 22.9 Å². The molecule has 0 aliphatic heterocycles. The molecule has 4 fully saturated rings. The zero-order valence-electron chi connectivity index (χ0n) is 35.5. The molecule has 1 heterocycles. The number of carbonyl (C=O) groups excluding carboxylic acids is 2. The Labute approximate surface area is 330 Å². The number of Topliss-reactive ketones (excluding diaryl/α,β-unsaturated/α-hetero) is 1. The van der Waals surface area contributed by atoms with Gasteiger partial charge in [-0.3, -0.25) is 24.3 Å². The summed E-state index contributed by atoms with van der Waals surface area (Å²) in [5.41, 5.74) is 3.63. The maximum atomic E-state index is 14.2. The quantitative estimate of drug-likeness (QED) is 0.199. The van der Waals surface area contributed by atoms with Crippen molar-refractivity contribution in [1.82, 2.24) is 14.8 Å². The summed E-state index contributed by atoms with van der Waals surface area (Å²) < 4.78 is 6.20. The van der Waals surface area contributed by atoms with Crippen LogP contribution < -0.4 is 0 Å². The maximum Gasteiger partial charge on any atom is 0.309 e. The number of likely N-dealkylation sites (N-methyl/N-ethyl adjacent to an activating group) is 1. The number of aliphatic carboxylic acids is 1. The highest BCUT2D eigenvalue weighted by atomic mass is 32.1. The molecule has 8 atom stereocenters. The molecule has 0 aromatic carbocycles. The number of nitrogens with zero attached hydrogens (tertiary/aromatic N) is 3. The van der Waals surface area contributed by atoms with Gasteiger partial charge in [-0.05, 0) is 138 Å². The van der Waals surface area contributed by atoms with Crippen molar-refractivity contribution in [3.63, 3.8) is 0 Å². The number of rotatable bonds is 13. The van der Waals surface area contributed by atoms with Gasteiger partial charge < -0.3 is 14.7 Å². The molecule has 2 unspecified atom stereocenters. The van der Waals surface area contributed by atoms with Gasteiger partial charge in [-0.2, -0.15) is 0 Å². The highest BCUT2D eigenvalue weighted by molar-refractivity contribution is 7.09. The lowest BCUT2D eigenvalue weighted by Crippen LogP contribution is -2.65. The lowest BCUT2D eigenvalue weighted by molar-refractivity contribution is -0.233. The highest BCUT2D eigenvalue weighted by Gasteiger charge is 2.70. The van der Waals surface area contributed by atoms with Gasteiger partial charge in [0, 0.05) is 48.0 Å². The van der Waals surface area contributed by atoms with Crippen molar-refractivity contribution in [2.45, 2.75) is 146 Å². The van der Waals surface area contributed by atoms with E-state index in [9.17, 15) is 19.5 Å².